The molecule has 1 aliphatic rings. The Kier molecular flexibility index (Phi) is 5.52. The van der Waals surface area contributed by atoms with Crippen LogP contribution in [-0.2, 0) is 0 Å². The summed E-state index contributed by atoms with van der Waals surface area (Å²) in [5.74, 6) is 1.49. The fourth-order valence-electron chi connectivity index (χ4n) is 2.91. The Bertz CT molecular complexity index is 760. The minimum atomic E-state index is 0.612. The number of hydrogen-bond acceptors (Lipinski definition) is 3. The minimum absolute atomic E-state index is 0.612. The van der Waals surface area contributed by atoms with E-state index in [0.29, 0.717) is 11.4 Å². The molecule has 6 heteroatoms. The third kappa shape index (κ3) is 3.96. The third-order valence-electron chi connectivity index (χ3n) is 4.27. The van der Waals surface area contributed by atoms with Crippen molar-refractivity contribution in [3.05, 3.63) is 47.2 Å². The molecule has 124 valence electrons. The van der Waals surface area contributed by atoms with Gasteiger partial charge in [-0.2, -0.15) is 5.26 Å². The fourth-order valence-corrected chi connectivity index (χ4v) is 3.40. The van der Waals surface area contributed by atoms with E-state index in [1.54, 1.807) is 0 Å². The molecule has 1 saturated heterocycles. The lowest BCUT2D eigenvalue weighted by molar-refractivity contribution is -0.903. The molecule has 1 aromatic heterocycles. The standard InChI is InChI=1S/C18H18ClN3OS/c19-15-4-1-3-14(13-15)16-5-6-17(23-16)18(24)22-11-9-21(10-12-22)8-2-7-20/h1,3-6,13H,2,8-12H2/p+1. The second-order valence-corrected chi connectivity index (χ2v) is 6.70. The number of quaternary nitrogens is 1. The highest BCUT2D eigenvalue weighted by molar-refractivity contribution is 7.80. The van der Waals surface area contributed by atoms with Crippen molar-refractivity contribution in [3.63, 3.8) is 0 Å². The summed E-state index contributed by atoms with van der Waals surface area (Å²) in [5.41, 5.74) is 0.947. The number of halogens is 1. The van der Waals surface area contributed by atoms with Gasteiger partial charge < -0.3 is 14.2 Å². The molecule has 0 saturated carbocycles. The van der Waals surface area contributed by atoms with Crippen LogP contribution in [0.4, 0.5) is 0 Å². The van der Waals surface area contributed by atoms with E-state index >= 15 is 0 Å². The Morgan fingerprint density at radius 2 is 2.08 bits per heavy atom. The van der Waals surface area contributed by atoms with E-state index in [4.69, 9.17) is 33.5 Å². The van der Waals surface area contributed by atoms with Gasteiger partial charge in [0.25, 0.3) is 0 Å². The van der Waals surface area contributed by atoms with Crippen LogP contribution in [0.25, 0.3) is 11.3 Å². The number of nitriles is 1. The molecule has 1 aromatic carbocycles. The van der Waals surface area contributed by atoms with Crippen molar-refractivity contribution >= 4 is 28.8 Å². The summed E-state index contributed by atoms with van der Waals surface area (Å²) in [7, 11) is 0. The van der Waals surface area contributed by atoms with Gasteiger partial charge in [-0.3, -0.25) is 0 Å². The van der Waals surface area contributed by atoms with E-state index in [2.05, 4.69) is 11.0 Å². The van der Waals surface area contributed by atoms with Gasteiger partial charge in [-0.1, -0.05) is 36.0 Å². The van der Waals surface area contributed by atoms with Gasteiger partial charge in [0.2, 0.25) is 0 Å². The molecular weight excluding hydrogens is 342 g/mol. The molecule has 0 atom stereocenters. The van der Waals surface area contributed by atoms with Gasteiger partial charge in [-0.25, -0.2) is 0 Å². The van der Waals surface area contributed by atoms with Crippen LogP contribution in [0.1, 0.15) is 12.2 Å². The molecule has 1 N–H and O–H groups in total. The predicted molar refractivity (Wildman–Crippen MR) is 98.2 cm³/mol. The van der Waals surface area contributed by atoms with Crippen LogP contribution in [0.2, 0.25) is 5.02 Å². The van der Waals surface area contributed by atoms with Gasteiger partial charge in [0.05, 0.1) is 45.2 Å². The SMILES string of the molecule is N#CCC[NH+]1CCN(C(=S)c2ccc(-c3cccc(Cl)c3)o2)CC1. The molecular formula is C18H19ClN3OS+. The largest absolute Gasteiger partial charge is 0.454 e. The zero-order valence-electron chi connectivity index (χ0n) is 13.3. The molecule has 1 fully saturated rings. The van der Waals surface area contributed by atoms with E-state index in [1.807, 2.05) is 36.4 Å². The van der Waals surface area contributed by atoms with Gasteiger partial charge in [0.1, 0.15) is 10.7 Å². The smallest absolute Gasteiger partial charge is 0.162 e. The van der Waals surface area contributed by atoms with Crippen LogP contribution >= 0.6 is 23.8 Å². The lowest BCUT2D eigenvalue weighted by atomic mass is 10.2. The summed E-state index contributed by atoms with van der Waals surface area (Å²) in [6.45, 7) is 4.71. The highest BCUT2D eigenvalue weighted by Gasteiger charge is 2.23. The zero-order valence-corrected chi connectivity index (χ0v) is 14.9. The monoisotopic (exact) mass is 360 g/mol. The number of hydrogen-bond donors (Lipinski definition) is 1. The average Bonchev–Trinajstić information content (AvgIpc) is 3.10. The lowest BCUT2D eigenvalue weighted by Crippen LogP contribution is -3.14. The Morgan fingerprint density at radius 3 is 2.79 bits per heavy atom. The molecule has 0 radical (unpaired) electrons. The third-order valence-corrected chi connectivity index (χ3v) is 4.97. The van der Waals surface area contributed by atoms with Gasteiger partial charge in [0, 0.05) is 10.6 Å². The molecule has 0 aliphatic carbocycles. The Balaban J connectivity index is 1.64. The van der Waals surface area contributed by atoms with E-state index in [1.165, 1.54) is 4.90 Å². The molecule has 2 heterocycles. The maximum Gasteiger partial charge on any atom is 0.162 e. The van der Waals surface area contributed by atoms with Gasteiger partial charge >= 0.3 is 0 Å². The van der Waals surface area contributed by atoms with Gasteiger partial charge in [-0.15, -0.1) is 0 Å². The number of benzene rings is 1. The first-order valence-corrected chi connectivity index (χ1v) is 8.81. The highest BCUT2D eigenvalue weighted by atomic mass is 35.5. The summed E-state index contributed by atoms with van der Waals surface area (Å²) < 4.78 is 5.94. The molecule has 0 unspecified atom stereocenters. The first kappa shape index (κ1) is 17.0. The molecule has 0 bridgehead atoms. The number of nitrogens with one attached hydrogen (secondary N) is 1. The molecule has 1 aliphatic heterocycles. The fraction of sp³-hybridized carbons (Fsp3) is 0.333. The predicted octanol–water partition coefficient (Wildman–Crippen LogP) is 2.39. The highest BCUT2D eigenvalue weighted by Crippen LogP contribution is 2.25. The van der Waals surface area contributed by atoms with Gasteiger partial charge in [-0.05, 0) is 24.3 Å². The maximum absolute atomic E-state index is 8.68. The van der Waals surface area contributed by atoms with Crippen LogP contribution in [0.15, 0.2) is 40.8 Å². The molecule has 3 rings (SSSR count). The number of piperazine rings is 1. The summed E-state index contributed by atoms with van der Waals surface area (Å²) in [6.07, 6.45) is 0.612. The number of rotatable bonds is 4. The van der Waals surface area contributed by atoms with Crippen LogP contribution in [-0.4, -0.2) is 42.6 Å². The van der Waals surface area contributed by atoms with E-state index in [-0.39, 0.29) is 0 Å². The van der Waals surface area contributed by atoms with E-state index in [0.717, 1.165) is 54.8 Å². The number of thiocarbonyl (C=S) groups is 1. The van der Waals surface area contributed by atoms with E-state index < -0.39 is 0 Å². The van der Waals surface area contributed by atoms with Crippen molar-refractivity contribution in [2.45, 2.75) is 6.42 Å². The van der Waals surface area contributed by atoms with Crippen LogP contribution in [0.5, 0.6) is 0 Å². The Labute approximate surface area is 152 Å². The lowest BCUT2D eigenvalue weighted by Gasteiger charge is -2.32. The molecule has 0 amide bonds. The zero-order chi connectivity index (χ0) is 16.9. The Hall–Kier alpha value is -1.87. The second-order valence-electron chi connectivity index (χ2n) is 5.87. The Morgan fingerprint density at radius 1 is 1.29 bits per heavy atom. The number of furan rings is 1. The van der Waals surface area contributed by atoms with Crippen molar-refractivity contribution in [2.24, 2.45) is 0 Å². The summed E-state index contributed by atoms with van der Waals surface area (Å²) >= 11 is 11.6. The topological polar surface area (TPSA) is 44.6 Å². The van der Waals surface area contributed by atoms with Crippen molar-refractivity contribution in [3.8, 4) is 17.4 Å². The quantitative estimate of drug-likeness (QED) is 0.850. The van der Waals surface area contributed by atoms with Gasteiger partial charge in [0.15, 0.2) is 5.76 Å². The van der Waals surface area contributed by atoms with Crippen molar-refractivity contribution in [2.75, 3.05) is 32.7 Å². The van der Waals surface area contributed by atoms with Crippen LogP contribution in [0.3, 0.4) is 0 Å². The first-order valence-electron chi connectivity index (χ1n) is 8.03. The molecule has 2 aromatic rings. The average molecular weight is 361 g/mol. The van der Waals surface area contributed by atoms with Crippen LogP contribution in [0, 0.1) is 11.3 Å². The summed E-state index contributed by atoms with van der Waals surface area (Å²) in [5, 5.41) is 9.37. The molecule has 4 nitrogen and oxygen atoms in total. The molecule has 0 spiro atoms. The second kappa shape index (κ2) is 7.80. The van der Waals surface area contributed by atoms with Crippen molar-refractivity contribution < 1.29 is 9.32 Å². The minimum Gasteiger partial charge on any atom is -0.454 e. The first-order chi connectivity index (χ1) is 11.7. The van der Waals surface area contributed by atoms with Crippen LogP contribution < -0.4 is 4.90 Å². The normalized spacial score (nSPS) is 15.2. The summed E-state index contributed by atoms with van der Waals surface area (Å²) in [4.78, 5) is 4.41. The maximum atomic E-state index is 8.68. The molecule has 24 heavy (non-hydrogen) atoms. The van der Waals surface area contributed by atoms with Crippen molar-refractivity contribution in [1.29, 1.82) is 5.26 Å². The van der Waals surface area contributed by atoms with E-state index in [9.17, 15) is 0 Å². The number of nitrogens with zero attached hydrogens (tertiary/aromatic N) is 2. The van der Waals surface area contributed by atoms with Crippen molar-refractivity contribution in [1.82, 2.24) is 4.90 Å². The summed E-state index contributed by atoms with van der Waals surface area (Å²) in [6, 6.07) is 13.7.